The third-order valence-corrected chi connectivity index (χ3v) is 4.79. The first-order chi connectivity index (χ1) is 12.6. The van der Waals surface area contributed by atoms with Crippen LogP contribution in [-0.4, -0.2) is 35.4 Å². The second kappa shape index (κ2) is 8.33. The average molecular weight is 378 g/mol. The molecule has 26 heavy (non-hydrogen) atoms. The van der Waals surface area contributed by atoms with Gasteiger partial charge in [0.1, 0.15) is 11.3 Å². The number of nitrogens with zero attached hydrogens (tertiary/aromatic N) is 2. The molecule has 1 aliphatic heterocycles. The Morgan fingerprint density at radius 3 is 2.73 bits per heavy atom. The number of piperidine rings is 1. The second-order valence-electron chi connectivity index (χ2n) is 6.26. The van der Waals surface area contributed by atoms with Gasteiger partial charge in [0.05, 0.1) is 17.2 Å². The molecular weight excluding hydrogens is 358 g/mol. The summed E-state index contributed by atoms with van der Waals surface area (Å²) in [6.45, 7) is 2.16. The summed E-state index contributed by atoms with van der Waals surface area (Å²) in [4.78, 5) is 25.4. The van der Waals surface area contributed by atoms with Gasteiger partial charge in [0, 0.05) is 17.6 Å². The first-order valence-corrected chi connectivity index (χ1v) is 8.93. The molecule has 0 bridgehead atoms. The van der Waals surface area contributed by atoms with E-state index in [1.165, 1.54) is 24.6 Å². The molecule has 1 aromatic heterocycles. The number of hydrogen-bond acceptors (Lipinski definition) is 5. The van der Waals surface area contributed by atoms with Crippen molar-refractivity contribution in [3.05, 3.63) is 63.1 Å². The van der Waals surface area contributed by atoms with Crippen molar-refractivity contribution in [3.63, 3.8) is 0 Å². The van der Waals surface area contributed by atoms with Gasteiger partial charge in [-0.1, -0.05) is 18.0 Å². The Kier molecular flexibility index (Phi) is 5.90. The Morgan fingerprint density at radius 2 is 2.08 bits per heavy atom. The van der Waals surface area contributed by atoms with E-state index >= 15 is 0 Å². The molecule has 1 aliphatic rings. The fourth-order valence-electron chi connectivity index (χ4n) is 3.25. The zero-order chi connectivity index (χ0) is 18.5. The molecule has 8 heteroatoms. The molecule has 1 fully saturated rings. The van der Waals surface area contributed by atoms with E-state index in [0.29, 0.717) is 6.54 Å². The summed E-state index contributed by atoms with van der Waals surface area (Å²) in [5, 5.41) is 14.2. The lowest BCUT2D eigenvalue weighted by molar-refractivity contribution is -0.385. The minimum Gasteiger partial charge on any atom is -0.468 e. The van der Waals surface area contributed by atoms with Crippen LogP contribution in [0.3, 0.4) is 0 Å². The van der Waals surface area contributed by atoms with Gasteiger partial charge in [-0.15, -0.1) is 0 Å². The van der Waals surface area contributed by atoms with Crippen molar-refractivity contribution in [3.8, 4) is 0 Å². The number of carbonyl (C=O) groups is 1. The average Bonchev–Trinajstić information content (AvgIpc) is 3.16. The number of carbonyl (C=O) groups excluding carboxylic acids is 1. The van der Waals surface area contributed by atoms with Crippen molar-refractivity contribution in [1.82, 2.24) is 10.2 Å². The Bertz CT molecular complexity index is 773. The van der Waals surface area contributed by atoms with Crippen LogP contribution in [0.25, 0.3) is 0 Å². The van der Waals surface area contributed by atoms with Crippen molar-refractivity contribution in [2.24, 2.45) is 0 Å². The number of likely N-dealkylation sites (tertiary alicyclic amines) is 1. The van der Waals surface area contributed by atoms with Crippen molar-refractivity contribution in [2.75, 3.05) is 19.6 Å². The summed E-state index contributed by atoms with van der Waals surface area (Å²) in [7, 11) is 0. The van der Waals surface area contributed by atoms with Gasteiger partial charge in [-0.05, 0) is 50.2 Å². The number of halogens is 1. The number of hydrogen-bond donors (Lipinski definition) is 1. The topological polar surface area (TPSA) is 88.6 Å². The summed E-state index contributed by atoms with van der Waals surface area (Å²) < 4.78 is 5.55. The molecule has 2 heterocycles. The van der Waals surface area contributed by atoms with E-state index < -0.39 is 10.8 Å². The van der Waals surface area contributed by atoms with Gasteiger partial charge in [0.25, 0.3) is 11.6 Å². The number of nitro groups is 1. The van der Waals surface area contributed by atoms with Crippen molar-refractivity contribution in [1.29, 1.82) is 0 Å². The lowest BCUT2D eigenvalue weighted by Crippen LogP contribution is -2.40. The predicted octanol–water partition coefficient (Wildman–Crippen LogP) is 3.80. The van der Waals surface area contributed by atoms with Crippen LogP contribution in [0, 0.1) is 10.1 Å². The molecule has 138 valence electrons. The minimum absolute atomic E-state index is 0.0423. The van der Waals surface area contributed by atoms with Gasteiger partial charge in [0.15, 0.2) is 0 Å². The maximum Gasteiger partial charge on any atom is 0.282 e. The lowest BCUT2D eigenvalue weighted by Gasteiger charge is -2.33. The zero-order valence-electron chi connectivity index (χ0n) is 14.2. The summed E-state index contributed by atoms with van der Waals surface area (Å²) in [6, 6.07) is 7.55. The molecule has 1 atom stereocenters. The second-order valence-corrected chi connectivity index (χ2v) is 6.69. The highest BCUT2D eigenvalue weighted by Crippen LogP contribution is 2.26. The molecule has 1 N–H and O–H groups in total. The molecule has 0 saturated carbocycles. The molecule has 1 unspecified atom stereocenters. The van der Waals surface area contributed by atoms with Crippen molar-refractivity contribution >= 4 is 23.2 Å². The van der Waals surface area contributed by atoms with Crippen LogP contribution in [0.4, 0.5) is 5.69 Å². The van der Waals surface area contributed by atoms with Crippen LogP contribution in [0.15, 0.2) is 41.0 Å². The molecular formula is C18H20ClN3O4. The Hall–Kier alpha value is -2.38. The van der Waals surface area contributed by atoms with Crippen LogP contribution in [0.5, 0.6) is 0 Å². The van der Waals surface area contributed by atoms with Crippen LogP contribution in [-0.2, 0) is 0 Å². The molecule has 1 aromatic carbocycles. The van der Waals surface area contributed by atoms with Gasteiger partial charge < -0.3 is 9.73 Å². The van der Waals surface area contributed by atoms with Crippen LogP contribution >= 0.6 is 11.6 Å². The molecule has 0 aliphatic carbocycles. The van der Waals surface area contributed by atoms with E-state index in [1.807, 2.05) is 12.1 Å². The number of nitro benzene ring substituents is 1. The van der Waals surface area contributed by atoms with E-state index in [9.17, 15) is 14.9 Å². The highest BCUT2D eigenvalue weighted by atomic mass is 35.5. The maximum absolute atomic E-state index is 12.6. The lowest BCUT2D eigenvalue weighted by atomic mass is 10.1. The fraction of sp³-hybridized carbons (Fsp3) is 0.389. The third kappa shape index (κ3) is 4.23. The zero-order valence-corrected chi connectivity index (χ0v) is 14.9. The van der Waals surface area contributed by atoms with E-state index in [2.05, 4.69) is 10.2 Å². The molecule has 2 aromatic rings. The maximum atomic E-state index is 12.6. The first-order valence-electron chi connectivity index (χ1n) is 8.56. The van der Waals surface area contributed by atoms with Gasteiger partial charge in [-0.2, -0.15) is 0 Å². The van der Waals surface area contributed by atoms with Gasteiger partial charge in [0.2, 0.25) is 0 Å². The highest BCUT2D eigenvalue weighted by molar-refractivity contribution is 6.31. The molecule has 0 spiro atoms. The molecule has 3 rings (SSSR count). The quantitative estimate of drug-likeness (QED) is 0.611. The van der Waals surface area contributed by atoms with E-state index in [4.69, 9.17) is 16.0 Å². The standard InChI is InChI=1S/C18H20ClN3O4/c19-13-6-7-15(22(24)25)14(11-13)18(23)20-12-16(17-5-4-10-26-17)21-8-2-1-3-9-21/h4-7,10-11,16H,1-3,8-9,12H2,(H,20,23). The summed E-state index contributed by atoms with van der Waals surface area (Å²) in [6.07, 6.45) is 5.01. The van der Waals surface area contributed by atoms with Crippen molar-refractivity contribution in [2.45, 2.75) is 25.3 Å². The Balaban J connectivity index is 1.76. The number of rotatable bonds is 6. The van der Waals surface area contributed by atoms with Crippen molar-refractivity contribution < 1.29 is 14.1 Å². The van der Waals surface area contributed by atoms with Gasteiger partial charge in [-0.3, -0.25) is 19.8 Å². The fourth-order valence-corrected chi connectivity index (χ4v) is 3.43. The highest BCUT2D eigenvalue weighted by Gasteiger charge is 2.26. The number of nitrogens with one attached hydrogen (secondary N) is 1. The predicted molar refractivity (Wildman–Crippen MR) is 97.3 cm³/mol. The summed E-state index contributed by atoms with van der Waals surface area (Å²) in [5.74, 6) is 0.251. The SMILES string of the molecule is O=C(NCC(c1ccco1)N1CCCCC1)c1cc(Cl)ccc1[N+](=O)[O-]. The minimum atomic E-state index is -0.583. The largest absolute Gasteiger partial charge is 0.468 e. The first kappa shape index (κ1) is 18.4. The van der Waals surface area contributed by atoms with E-state index in [1.54, 1.807) is 6.26 Å². The molecule has 1 saturated heterocycles. The van der Waals surface area contributed by atoms with E-state index in [-0.39, 0.29) is 22.3 Å². The smallest absolute Gasteiger partial charge is 0.282 e. The monoisotopic (exact) mass is 377 g/mol. The van der Waals surface area contributed by atoms with E-state index in [0.717, 1.165) is 31.7 Å². The normalized spacial score (nSPS) is 16.2. The Labute approximate surface area is 156 Å². The molecule has 7 nitrogen and oxygen atoms in total. The van der Waals surface area contributed by atoms with Crippen LogP contribution in [0.1, 0.15) is 41.4 Å². The third-order valence-electron chi connectivity index (χ3n) is 4.56. The Morgan fingerprint density at radius 1 is 1.31 bits per heavy atom. The summed E-state index contributed by atoms with van der Waals surface area (Å²) >= 11 is 5.91. The summed E-state index contributed by atoms with van der Waals surface area (Å²) in [5.41, 5.74) is -0.307. The van der Waals surface area contributed by atoms with Gasteiger partial charge in [-0.25, -0.2) is 0 Å². The number of furan rings is 1. The number of benzene rings is 1. The molecule has 1 amide bonds. The number of amides is 1. The van der Waals surface area contributed by atoms with Gasteiger partial charge >= 0.3 is 0 Å². The van der Waals surface area contributed by atoms with Crippen LogP contribution < -0.4 is 5.32 Å². The molecule has 0 radical (unpaired) electrons. The van der Waals surface area contributed by atoms with Crippen LogP contribution in [0.2, 0.25) is 5.02 Å².